The third kappa shape index (κ3) is 2.45. The Labute approximate surface area is 125 Å². The summed E-state index contributed by atoms with van der Waals surface area (Å²) >= 11 is 4.70. The van der Waals surface area contributed by atoms with Crippen molar-refractivity contribution in [1.29, 1.82) is 0 Å². The lowest BCUT2D eigenvalue weighted by molar-refractivity contribution is 0.464. The molecular formula is C12H8BrFN4OS. The van der Waals surface area contributed by atoms with Crippen molar-refractivity contribution in [3.05, 3.63) is 39.9 Å². The van der Waals surface area contributed by atoms with Gasteiger partial charge in [-0.15, -0.1) is 11.3 Å². The normalized spacial score (nSPS) is 10.8. The number of hydrogen-bond acceptors (Lipinski definition) is 6. The van der Waals surface area contributed by atoms with E-state index in [1.54, 1.807) is 0 Å². The molecule has 20 heavy (non-hydrogen) atoms. The summed E-state index contributed by atoms with van der Waals surface area (Å²) in [4.78, 5) is 9.14. The zero-order valence-electron chi connectivity index (χ0n) is 9.93. The minimum Gasteiger partial charge on any atom is -0.437 e. The van der Waals surface area contributed by atoms with Crippen molar-refractivity contribution in [1.82, 2.24) is 9.97 Å². The monoisotopic (exact) mass is 354 g/mol. The van der Waals surface area contributed by atoms with Gasteiger partial charge in [0.05, 0.1) is 9.86 Å². The highest BCUT2D eigenvalue weighted by molar-refractivity contribution is 9.10. The molecule has 102 valence electrons. The van der Waals surface area contributed by atoms with Gasteiger partial charge in [0.1, 0.15) is 16.4 Å². The summed E-state index contributed by atoms with van der Waals surface area (Å²) in [6, 6.07) is 6.01. The number of fused-ring (bicyclic) bond motifs is 1. The Morgan fingerprint density at radius 2 is 2.15 bits per heavy atom. The standard InChI is InChI=1S/C12H8BrFN4OS/c13-8-5-6(14)1-2-9(8)19-10-7-3-4-20-11(7)17-12(16-10)18-15/h1-5H,15H2,(H,16,17,18). The first-order valence-corrected chi connectivity index (χ1v) is 7.19. The third-order valence-corrected chi connectivity index (χ3v) is 3.95. The van der Waals surface area contributed by atoms with Crippen LogP contribution in [0.3, 0.4) is 0 Å². The van der Waals surface area contributed by atoms with Crippen LogP contribution in [0.25, 0.3) is 10.2 Å². The molecule has 0 fully saturated rings. The first-order chi connectivity index (χ1) is 9.67. The third-order valence-electron chi connectivity index (χ3n) is 2.52. The molecule has 0 radical (unpaired) electrons. The van der Waals surface area contributed by atoms with E-state index < -0.39 is 0 Å². The molecule has 0 aliphatic carbocycles. The van der Waals surface area contributed by atoms with Gasteiger partial charge in [-0.05, 0) is 45.6 Å². The lowest BCUT2D eigenvalue weighted by Crippen LogP contribution is -2.10. The van der Waals surface area contributed by atoms with Crippen LogP contribution < -0.4 is 16.0 Å². The zero-order valence-corrected chi connectivity index (χ0v) is 12.3. The largest absolute Gasteiger partial charge is 0.437 e. The van der Waals surface area contributed by atoms with Gasteiger partial charge >= 0.3 is 0 Å². The average Bonchev–Trinajstić information content (AvgIpc) is 2.90. The maximum Gasteiger partial charge on any atom is 0.241 e. The Balaban J connectivity index is 2.07. The fourth-order valence-corrected chi connectivity index (χ4v) is 2.82. The highest BCUT2D eigenvalue weighted by Gasteiger charge is 2.12. The highest BCUT2D eigenvalue weighted by Crippen LogP contribution is 2.34. The van der Waals surface area contributed by atoms with Crippen LogP contribution in [-0.2, 0) is 0 Å². The van der Waals surface area contributed by atoms with Gasteiger partial charge in [0.15, 0.2) is 0 Å². The molecule has 0 atom stereocenters. The van der Waals surface area contributed by atoms with Crippen molar-refractivity contribution in [3.63, 3.8) is 0 Å². The first-order valence-electron chi connectivity index (χ1n) is 5.52. The topological polar surface area (TPSA) is 73.1 Å². The van der Waals surface area contributed by atoms with Crippen molar-refractivity contribution in [2.24, 2.45) is 5.84 Å². The van der Waals surface area contributed by atoms with Crippen LogP contribution in [0.2, 0.25) is 0 Å². The van der Waals surface area contributed by atoms with E-state index in [2.05, 4.69) is 31.3 Å². The lowest BCUT2D eigenvalue weighted by atomic mass is 10.3. The average molecular weight is 355 g/mol. The van der Waals surface area contributed by atoms with Gasteiger partial charge in [0, 0.05) is 0 Å². The number of anilines is 1. The van der Waals surface area contributed by atoms with E-state index in [1.807, 2.05) is 11.4 Å². The molecule has 0 aliphatic rings. The van der Waals surface area contributed by atoms with E-state index in [0.29, 0.717) is 16.1 Å². The number of ether oxygens (including phenoxy) is 1. The van der Waals surface area contributed by atoms with Crippen LogP contribution in [-0.4, -0.2) is 9.97 Å². The van der Waals surface area contributed by atoms with E-state index in [-0.39, 0.29) is 11.8 Å². The Morgan fingerprint density at radius 1 is 1.30 bits per heavy atom. The first kappa shape index (κ1) is 13.2. The van der Waals surface area contributed by atoms with Gasteiger partial charge in [-0.2, -0.15) is 4.98 Å². The second-order valence-corrected chi connectivity index (χ2v) is 5.56. The molecule has 0 bridgehead atoms. The molecule has 0 aliphatic heterocycles. The molecule has 2 heterocycles. The number of halogens is 2. The number of hydrogen-bond donors (Lipinski definition) is 2. The maximum absolute atomic E-state index is 13.1. The summed E-state index contributed by atoms with van der Waals surface area (Å²) in [6.07, 6.45) is 0. The molecule has 2 aromatic heterocycles. The van der Waals surface area contributed by atoms with Crippen molar-refractivity contribution >= 4 is 43.4 Å². The smallest absolute Gasteiger partial charge is 0.241 e. The molecule has 3 rings (SSSR count). The van der Waals surface area contributed by atoms with Crippen LogP contribution in [0.4, 0.5) is 10.3 Å². The predicted octanol–water partition coefficient (Wildman–Crippen LogP) is 3.67. The SMILES string of the molecule is NNc1nc(Oc2ccc(F)cc2Br)c2ccsc2n1. The van der Waals surface area contributed by atoms with Crippen molar-refractivity contribution < 1.29 is 9.13 Å². The summed E-state index contributed by atoms with van der Waals surface area (Å²) in [6.45, 7) is 0. The summed E-state index contributed by atoms with van der Waals surface area (Å²) in [7, 11) is 0. The Morgan fingerprint density at radius 3 is 2.90 bits per heavy atom. The number of rotatable bonds is 3. The Bertz CT molecular complexity index is 779. The van der Waals surface area contributed by atoms with Crippen LogP contribution in [0.15, 0.2) is 34.1 Å². The second kappa shape index (κ2) is 5.31. The zero-order chi connectivity index (χ0) is 14.1. The number of nitrogen functional groups attached to an aromatic ring is 1. The highest BCUT2D eigenvalue weighted by atomic mass is 79.9. The van der Waals surface area contributed by atoms with Gasteiger partial charge in [-0.3, -0.25) is 5.43 Å². The molecule has 0 amide bonds. The van der Waals surface area contributed by atoms with Crippen LogP contribution in [0.1, 0.15) is 0 Å². The second-order valence-electron chi connectivity index (χ2n) is 3.81. The number of nitrogens with two attached hydrogens (primary N) is 1. The minimum absolute atomic E-state index is 0.258. The Hall–Kier alpha value is -1.77. The van der Waals surface area contributed by atoms with E-state index in [4.69, 9.17) is 10.6 Å². The maximum atomic E-state index is 13.1. The van der Waals surface area contributed by atoms with Crippen molar-refractivity contribution in [3.8, 4) is 11.6 Å². The van der Waals surface area contributed by atoms with Crippen LogP contribution in [0, 0.1) is 5.82 Å². The summed E-state index contributed by atoms with van der Waals surface area (Å²) in [5, 5.41) is 2.65. The van der Waals surface area contributed by atoms with Gasteiger partial charge in [0.2, 0.25) is 11.8 Å². The van der Waals surface area contributed by atoms with E-state index >= 15 is 0 Å². The molecular weight excluding hydrogens is 347 g/mol. The minimum atomic E-state index is -0.350. The quantitative estimate of drug-likeness (QED) is 0.554. The van der Waals surface area contributed by atoms with Gasteiger partial charge in [0.25, 0.3) is 0 Å². The summed E-state index contributed by atoms with van der Waals surface area (Å²) in [5.74, 6) is 6.06. The molecule has 0 saturated carbocycles. The molecule has 3 N–H and O–H groups in total. The van der Waals surface area contributed by atoms with Crippen LogP contribution >= 0.6 is 27.3 Å². The molecule has 0 spiro atoms. The molecule has 5 nitrogen and oxygen atoms in total. The van der Waals surface area contributed by atoms with E-state index in [0.717, 1.165) is 10.2 Å². The number of benzene rings is 1. The lowest BCUT2D eigenvalue weighted by Gasteiger charge is -2.09. The fourth-order valence-electron chi connectivity index (χ4n) is 1.63. The number of aromatic nitrogens is 2. The number of nitrogens with zero attached hydrogens (tertiary/aromatic N) is 2. The van der Waals surface area contributed by atoms with Crippen LogP contribution in [0.5, 0.6) is 11.6 Å². The number of hydrazine groups is 1. The Kier molecular flexibility index (Phi) is 3.51. The fraction of sp³-hybridized carbons (Fsp3) is 0. The molecule has 1 aromatic carbocycles. The molecule has 0 saturated heterocycles. The van der Waals surface area contributed by atoms with Gasteiger partial charge in [-0.1, -0.05) is 0 Å². The van der Waals surface area contributed by atoms with Crippen molar-refractivity contribution in [2.75, 3.05) is 5.43 Å². The summed E-state index contributed by atoms with van der Waals surface area (Å²) in [5.41, 5.74) is 2.39. The molecule has 0 unspecified atom stereocenters. The van der Waals surface area contributed by atoms with E-state index in [1.165, 1.54) is 29.5 Å². The van der Waals surface area contributed by atoms with Gasteiger partial charge < -0.3 is 4.74 Å². The predicted molar refractivity (Wildman–Crippen MR) is 79.4 cm³/mol. The summed E-state index contributed by atoms with van der Waals surface area (Å²) < 4.78 is 19.3. The molecule has 3 aromatic rings. The van der Waals surface area contributed by atoms with Crippen molar-refractivity contribution in [2.45, 2.75) is 0 Å². The van der Waals surface area contributed by atoms with Gasteiger partial charge in [-0.25, -0.2) is 15.2 Å². The van der Waals surface area contributed by atoms with E-state index in [9.17, 15) is 4.39 Å². The number of nitrogens with one attached hydrogen (secondary N) is 1. The number of thiophene rings is 1. The molecule has 8 heteroatoms.